The fourth-order valence-corrected chi connectivity index (χ4v) is 2.87. The van der Waals surface area contributed by atoms with Crippen molar-refractivity contribution >= 4 is 37.8 Å². The van der Waals surface area contributed by atoms with Crippen molar-refractivity contribution in [1.82, 2.24) is 4.98 Å². The second-order valence-corrected chi connectivity index (χ2v) is 5.25. The predicted molar refractivity (Wildman–Crippen MR) is 62.4 cm³/mol. The molecule has 1 fully saturated rings. The van der Waals surface area contributed by atoms with Crippen LogP contribution in [-0.4, -0.2) is 17.6 Å². The minimum Gasteiger partial charge on any atom is -0.465 e. The SMILES string of the molecule is O=C1CC(Cc2c(Br)cncc2Br)CO1. The van der Waals surface area contributed by atoms with Crippen LogP contribution in [0.3, 0.4) is 0 Å². The van der Waals surface area contributed by atoms with Gasteiger partial charge in [0.2, 0.25) is 0 Å². The van der Waals surface area contributed by atoms with E-state index in [0.717, 1.165) is 20.9 Å². The molecule has 5 heteroatoms. The number of nitrogens with zero attached hydrogens (tertiary/aromatic N) is 1. The molecule has 0 aliphatic carbocycles. The van der Waals surface area contributed by atoms with Crippen LogP contribution in [0.4, 0.5) is 0 Å². The predicted octanol–water partition coefficient (Wildman–Crippen LogP) is 2.71. The molecule has 0 radical (unpaired) electrons. The third-order valence-electron chi connectivity index (χ3n) is 2.38. The number of hydrogen-bond acceptors (Lipinski definition) is 3. The Morgan fingerprint density at radius 3 is 2.60 bits per heavy atom. The van der Waals surface area contributed by atoms with Crippen LogP contribution in [0.2, 0.25) is 0 Å². The van der Waals surface area contributed by atoms with Gasteiger partial charge in [0.05, 0.1) is 13.0 Å². The van der Waals surface area contributed by atoms with E-state index in [4.69, 9.17) is 4.74 Å². The maximum atomic E-state index is 11.0. The van der Waals surface area contributed by atoms with Crippen molar-refractivity contribution in [3.63, 3.8) is 0 Å². The number of carbonyl (C=O) groups excluding carboxylic acids is 1. The molecule has 0 saturated carbocycles. The topological polar surface area (TPSA) is 39.2 Å². The lowest BCUT2D eigenvalue weighted by Gasteiger charge is -2.09. The average Bonchev–Trinajstić information content (AvgIpc) is 2.58. The maximum absolute atomic E-state index is 11.0. The average molecular weight is 335 g/mol. The van der Waals surface area contributed by atoms with Gasteiger partial charge in [-0.2, -0.15) is 0 Å². The Bertz CT molecular complexity index is 375. The first-order valence-electron chi connectivity index (χ1n) is 4.60. The molecule has 0 spiro atoms. The monoisotopic (exact) mass is 333 g/mol. The number of halogens is 2. The lowest BCUT2D eigenvalue weighted by Crippen LogP contribution is -2.05. The molecule has 1 unspecified atom stereocenters. The van der Waals surface area contributed by atoms with E-state index in [1.165, 1.54) is 0 Å². The van der Waals surface area contributed by atoms with Crippen LogP contribution < -0.4 is 0 Å². The van der Waals surface area contributed by atoms with Gasteiger partial charge in [-0.1, -0.05) is 0 Å². The van der Waals surface area contributed by atoms with Gasteiger partial charge >= 0.3 is 5.97 Å². The minimum absolute atomic E-state index is 0.0960. The number of esters is 1. The van der Waals surface area contributed by atoms with E-state index in [2.05, 4.69) is 36.8 Å². The number of rotatable bonds is 2. The lowest BCUT2D eigenvalue weighted by molar-refractivity contribution is -0.137. The molecule has 2 heterocycles. The van der Waals surface area contributed by atoms with Gasteiger partial charge < -0.3 is 4.74 Å². The molecule has 1 aromatic rings. The van der Waals surface area contributed by atoms with Crippen LogP contribution >= 0.6 is 31.9 Å². The Kier molecular flexibility index (Phi) is 3.41. The standard InChI is InChI=1S/C10H9Br2NO2/c11-8-3-13-4-9(12)7(8)1-6-2-10(14)15-5-6/h3-4,6H,1-2,5H2. The number of carbonyl (C=O) groups is 1. The van der Waals surface area contributed by atoms with Crippen LogP contribution in [0.15, 0.2) is 21.3 Å². The van der Waals surface area contributed by atoms with Gasteiger partial charge in [0.1, 0.15) is 0 Å². The molecule has 1 aliphatic rings. The first kappa shape index (κ1) is 11.1. The summed E-state index contributed by atoms with van der Waals surface area (Å²) in [5, 5.41) is 0. The highest BCUT2D eigenvalue weighted by atomic mass is 79.9. The van der Waals surface area contributed by atoms with Gasteiger partial charge in [0.15, 0.2) is 0 Å². The number of hydrogen-bond donors (Lipinski definition) is 0. The number of pyridine rings is 1. The first-order chi connectivity index (χ1) is 7.16. The second kappa shape index (κ2) is 4.61. The smallest absolute Gasteiger partial charge is 0.306 e. The van der Waals surface area contributed by atoms with Gasteiger partial charge in [-0.05, 0) is 43.8 Å². The Morgan fingerprint density at radius 1 is 1.40 bits per heavy atom. The quantitative estimate of drug-likeness (QED) is 0.781. The van der Waals surface area contributed by atoms with Crippen LogP contribution in [0.1, 0.15) is 12.0 Å². The molecule has 2 rings (SSSR count). The number of ether oxygens (including phenoxy) is 1. The van der Waals surface area contributed by atoms with Crippen LogP contribution in [0.5, 0.6) is 0 Å². The number of cyclic esters (lactones) is 1. The van der Waals surface area contributed by atoms with E-state index in [0.29, 0.717) is 13.0 Å². The van der Waals surface area contributed by atoms with Gasteiger partial charge in [-0.15, -0.1) is 0 Å². The molecule has 1 aromatic heterocycles. The fourth-order valence-electron chi connectivity index (χ4n) is 1.62. The third-order valence-corrected chi connectivity index (χ3v) is 3.75. The van der Waals surface area contributed by atoms with Gasteiger partial charge in [0.25, 0.3) is 0 Å². The molecule has 1 atom stereocenters. The second-order valence-electron chi connectivity index (χ2n) is 3.54. The molecule has 15 heavy (non-hydrogen) atoms. The summed E-state index contributed by atoms with van der Waals surface area (Å²) in [4.78, 5) is 15.0. The highest BCUT2D eigenvalue weighted by Gasteiger charge is 2.25. The maximum Gasteiger partial charge on any atom is 0.306 e. The van der Waals surface area contributed by atoms with Crippen molar-refractivity contribution in [1.29, 1.82) is 0 Å². The van der Waals surface area contributed by atoms with Crippen LogP contribution in [0, 0.1) is 5.92 Å². The summed E-state index contributed by atoms with van der Waals surface area (Å²) < 4.78 is 6.87. The van der Waals surface area contributed by atoms with Gasteiger partial charge in [0, 0.05) is 27.3 Å². The van der Waals surface area contributed by atoms with E-state index >= 15 is 0 Å². The summed E-state index contributed by atoms with van der Waals surface area (Å²) in [5.41, 5.74) is 1.15. The molecule has 1 saturated heterocycles. The first-order valence-corrected chi connectivity index (χ1v) is 6.19. The summed E-state index contributed by atoms with van der Waals surface area (Å²) in [6.07, 6.45) is 4.87. The normalized spacial score (nSPS) is 20.4. The summed E-state index contributed by atoms with van der Waals surface area (Å²) in [6, 6.07) is 0. The molecule has 80 valence electrons. The molecule has 0 N–H and O–H groups in total. The molecular weight excluding hydrogens is 326 g/mol. The number of aromatic nitrogens is 1. The fraction of sp³-hybridized carbons (Fsp3) is 0.400. The van der Waals surface area contributed by atoms with Crippen LogP contribution in [0.25, 0.3) is 0 Å². The van der Waals surface area contributed by atoms with E-state index in [1.807, 2.05) is 0 Å². The highest BCUT2D eigenvalue weighted by Crippen LogP contribution is 2.29. The highest BCUT2D eigenvalue weighted by molar-refractivity contribution is 9.11. The zero-order valence-electron chi connectivity index (χ0n) is 7.87. The summed E-state index contributed by atoms with van der Waals surface area (Å²) >= 11 is 6.90. The molecule has 0 amide bonds. The van der Waals surface area contributed by atoms with E-state index < -0.39 is 0 Å². The Morgan fingerprint density at radius 2 is 2.07 bits per heavy atom. The summed E-state index contributed by atoms with van der Waals surface area (Å²) in [5.74, 6) is 0.189. The Hall–Kier alpha value is -0.420. The van der Waals surface area contributed by atoms with Gasteiger partial charge in [-0.3, -0.25) is 9.78 Å². The molecule has 0 bridgehead atoms. The van der Waals surface area contributed by atoms with E-state index in [-0.39, 0.29) is 11.9 Å². The molecule has 3 nitrogen and oxygen atoms in total. The van der Waals surface area contributed by atoms with E-state index in [1.54, 1.807) is 12.4 Å². The van der Waals surface area contributed by atoms with Crippen molar-refractivity contribution in [3.05, 3.63) is 26.9 Å². The largest absolute Gasteiger partial charge is 0.465 e. The van der Waals surface area contributed by atoms with Crippen molar-refractivity contribution < 1.29 is 9.53 Å². The Balaban J connectivity index is 2.13. The molecule has 1 aliphatic heterocycles. The van der Waals surface area contributed by atoms with Crippen molar-refractivity contribution in [3.8, 4) is 0 Å². The lowest BCUT2D eigenvalue weighted by atomic mass is 9.99. The van der Waals surface area contributed by atoms with Crippen LogP contribution in [-0.2, 0) is 16.0 Å². The van der Waals surface area contributed by atoms with Crippen molar-refractivity contribution in [2.75, 3.05) is 6.61 Å². The van der Waals surface area contributed by atoms with Crippen molar-refractivity contribution in [2.24, 2.45) is 5.92 Å². The van der Waals surface area contributed by atoms with Crippen molar-refractivity contribution in [2.45, 2.75) is 12.8 Å². The zero-order chi connectivity index (χ0) is 10.8. The molecule has 0 aromatic carbocycles. The third kappa shape index (κ3) is 2.58. The molecular formula is C10H9Br2NO2. The zero-order valence-corrected chi connectivity index (χ0v) is 11.0. The Labute approximate surface area is 104 Å². The summed E-state index contributed by atoms with van der Waals surface area (Å²) in [6.45, 7) is 0.528. The summed E-state index contributed by atoms with van der Waals surface area (Å²) in [7, 11) is 0. The minimum atomic E-state index is -0.0960. The van der Waals surface area contributed by atoms with Gasteiger partial charge in [-0.25, -0.2) is 0 Å². The van der Waals surface area contributed by atoms with E-state index in [9.17, 15) is 4.79 Å².